The van der Waals surface area contributed by atoms with Crippen LogP contribution in [0.4, 0.5) is 17.8 Å². The number of rotatable bonds is 6. The summed E-state index contributed by atoms with van der Waals surface area (Å²) < 4.78 is 22.5. The highest BCUT2D eigenvalue weighted by atomic mass is 32.2. The molecule has 1 aliphatic heterocycles. The van der Waals surface area contributed by atoms with Gasteiger partial charge in [-0.25, -0.2) is 8.42 Å². The third-order valence-electron chi connectivity index (χ3n) is 3.36. The Labute approximate surface area is 125 Å². The fourth-order valence-electron chi connectivity index (χ4n) is 2.10. The number of nitrogens with zero attached hydrogens (tertiary/aromatic N) is 5. The summed E-state index contributed by atoms with van der Waals surface area (Å²) in [4.78, 5) is 17.0. The van der Waals surface area contributed by atoms with Crippen molar-refractivity contribution < 1.29 is 8.42 Å². The van der Waals surface area contributed by atoms with Crippen molar-refractivity contribution in [3.8, 4) is 0 Å². The lowest BCUT2D eigenvalue weighted by Crippen LogP contribution is -2.28. The van der Waals surface area contributed by atoms with Crippen LogP contribution in [0.1, 0.15) is 12.8 Å². The molecule has 0 aromatic carbocycles. The van der Waals surface area contributed by atoms with E-state index in [0.717, 1.165) is 25.9 Å². The summed E-state index contributed by atoms with van der Waals surface area (Å²) in [6.45, 7) is 2.24. The molecule has 1 fully saturated rings. The van der Waals surface area contributed by atoms with Gasteiger partial charge in [-0.15, -0.1) is 0 Å². The van der Waals surface area contributed by atoms with Crippen molar-refractivity contribution in [1.82, 2.24) is 15.0 Å². The maximum atomic E-state index is 11.3. The Hall–Kier alpha value is -1.64. The Kier molecular flexibility index (Phi) is 4.81. The van der Waals surface area contributed by atoms with Gasteiger partial charge in [0, 0.05) is 40.0 Å². The maximum Gasteiger partial charge on any atom is 0.231 e. The van der Waals surface area contributed by atoms with Crippen molar-refractivity contribution in [1.29, 1.82) is 0 Å². The van der Waals surface area contributed by atoms with Crippen molar-refractivity contribution in [3.63, 3.8) is 0 Å². The molecule has 1 saturated heterocycles. The van der Waals surface area contributed by atoms with Crippen LogP contribution in [0.5, 0.6) is 0 Å². The van der Waals surface area contributed by atoms with E-state index >= 15 is 0 Å². The highest BCUT2D eigenvalue weighted by molar-refractivity contribution is 7.90. The van der Waals surface area contributed by atoms with Gasteiger partial charge in [0.25, 0.3) is 0 Å². The molecule has 0 amide bonds. The fourth-order valence-corrected chi connectivity index (χ4v) is 2.70. The number of sulfone groups is 1. The summed E-state index contributed by atoms with van der Waals surface area (Å²) in [5.74, 6) is 1.70. The van der Waals surface area contributed by atoms with Gasteiger partial charge >= 0.3 is 0 Å². The van der Waals surface area contributed by atoms with Crippen molar-refractivity contribution in [2.24, 2.45) is 0 Å². The largest absolute Gasteiger partial charge is 0.357 e. The van der Waals surface area contributed by atoms with E-state index in [0.29, 0.717) is 24.4 Å². The maximum absolute atomic E-state index is 11.3. The van der Waals surface area contributed by atoms with E-state index in [1.165, 1.54) is 6.26 Å². The second-order valence-electron chi connectivity index (χ2n) is 5.25. The Morgan fingerprint density at radius 1 is 1.24 bits per heavy atom. The molecule has 2 rings (SSSR count). The minimum absolute atomic E-state index is 0.0725. The van der Waals surface area contributed by atoms with Gasteiger partial charge in [-0.3, -0.25) is 0 Å². The van der Waals surface area contributed by atoms with Crippen molar-refractivity contribution in [2.75, 3.05) is 60.9 Å². The molecule has 1 aromatic heterocycles. The summed E-state index contributed by atoms with van der Waals surface area (Å²) >= 11 is 0. The van der Waals surface area contributed by atoms with Crippen LogP contribution in [-0.4, -0.2) is 69.1 Å². The van der Waals surface area contributed by atoms with Gasteiger partial charge in [-0.2, -0.15) is 15.0 Å². The molecular weight excluding hydrogens is 292 g/mol. The zero-order chi connectivity index (χ0) is 15.5. The molecule has 2 heterocycles. The number of aromatic nitrogens is 3. The third-order valence-corrected chi connectivity index (χ3v) is 4.29. The monoisotopic (exact) mass is 314 g/mol. The van der Waals surface area contributed by atoms with Crippen molar-refractivity contribution in [3.05, 3.63) is 0 Å². The first-order chi connectivity index (χ1) is 9.89. The molecular formula is C12H22N6O2S. The van der Waals surface area contributed by atoms with Crippen molar-refractivity contribution in [2.45, 2.75) is 12.8 Å². The van der Waals surface area contributed by atoms with E-state index in [1.807, 2.05) is 0 Å². The number of anilines is 3. The quantitative estimate of drug-likeness (QED) is 0.784. The highest BCUT2D eigenvalue weighted by Gasteiger charge is 2.18. The highest BCUT2D eigenvalue weighted by Crippen LogP contribution is 2.19. The second kappa shape index (κ2) is 6.42. The summed E-state index contributed by atoms with van der Waals surface area (Å²) in [6, 6.07) is 0. The molecule has 1 aliphatic rings. The third kappa shape index (κ3) is 4.42. The van der Waals surface area contributed by atoms with Gasteiger partial charge in [0.1, 0.15) is 9.84 Å². The summed E-state index contributed by atoms with van der Waals surface area (Å²) in [7, 11) is 0.531. The SMILES string of the molecule is CNc1nc(N(C)CCS(C)(=O)=O)nc(N2CCCC2)n1. The molecule has 0 spiro atoms. The smallest absolute Gasteiger partial charge is 0.231 e. The normalized spacial score (nSPS) is 15.3. The lowest BCUT2D eigenvalue weighted by atomic mass is 10.4. The molecule has 1 aromatic rings. The van der Waals surface area contributed by atoms with Gasteiger partial charge in [0.2, 0.25) is 17.8 Å². The van der Waals surface area contributed by atoms with Crippen LogP contribution in [-0.2, 0) is 9.84 Å². The first-order valence-corrected chi connectivity index (χ1v) is 9.03. The van der Waals surface area contributed by atoms with E-state index in [4.69, 9.17) is 0 Å². The molecule has 1 N–H and O–H groups in total. The first kappa shape index (κ1) is 15.7. The molecule has 118 valence electrons. The molecule has 0 aliphatic carbocycles. The van der Waals surface area contributed by atoms with E-state index in [9.17, 15) is 8.42 Å². The van der Waals surface area contributed by atoms with Crippen LogP contribution in [0.25, 0.3) is 0 Å². The average Bonchev–Trinajstić information content (AvgIpc) is 2.97. The summed E-state index contributed by atoms with van der Waals surface area (Å²) in [6.07, 6.45) is 3.50. The van der Waals surface area contributed by atoms with Crippen LogP contribution in [0.3, 0.4) is 0 Å². The van der Waals surface area contributed by atoms with Crippen LogP contribution >= 0.6 is 0 Å². The zero-order valence-electron chi connectivity index (χ0n) is 12.7. The standard InChI is InChI=1S/C12H22N6O2S/c1-13-10-14-11(17(2)8-9-21(3,19)20)16-12(15-10)18-6-4-5-7-18/h4-9H2,1-3H3,(H,13,14,15,16). The summed E-state index contributed by atoms with van der Waals surface area (Å²) in [5.41, 5.74) is 0. The van der Waals surface area contributed by atoms with Crippen LogP contribution in [0.2, 0.25) is 0 Å². The predicted octanol–water partition coefficient (Wildman–Crippen LogP) is -0.00570. The molecule has 0 bridgehead atoms. The molecule has 0 radical (unpaired) electrons. The van der Waals surface area contributed by atoms with Crippen LogP contribution in [0, 0.1) is 0 Å². The number of nitrogens with one attached hydrogen (secondary N) is 1. The molecule has 9 heteroatoms. The average molecular weight is 314 g/mol. The number of hydrogen-bond donors (Lipinski definition) is 1. The topological polar surface area (TPSA) is 91.3 Å². The number of hydrogen-bond acceptors (Lipinski definition) is 8. The Bertz CT molecular complexity index is 585. The predicted molar refractivity (Wildman–Crippen MR) is 83.8 cm³/mol. The lowest BCUT2D eigenvalue weighted by Gasteiger charge is -2.20. The molecule has 8 nitrogen and oxygen atoms in total. The Balaban J connectivity index is 2.19. The van der Waals surface area contributed by atoms with Crippen LogP contribution in [0.15, 0.2) is 0 Å². The Morgan fingerprint density at radius 3 is 2.48 bits per heavy atom. The van der Waals surface area contributed by atoms with E-state index < -0.39 is 9.84 Å². The van der Waals surface area contributed by atoms with Gasteiger partial charge in [0.15, 0.2) is 0 Å². The second-order valence-corrected chi connectivity index (χ2v) is 7.51. The van der Waals surface area contributed by atoms with Gasteiger partial charge in [0.05, 0.1) is 5.75 Å². The summed E-state index contributed by atoms with van der Waals surface area (Å²) in [5, 5.41) is 2.92. The van der Waals surface area contributed by atoms with Gasteiger partial charge in [-0.1, -0.05) is 0 Å². The molecule has 0 atom stereocenters. The van der Waals surface area contributed by atoms with Crippen LogP contribution < -0.4 is 15.1 Å². The lowest BCUT2D eigenvalue weighted by molar-refractivity contribution is 0.601. The zero-order valence-corrected chi connectivity index (χ0v) is 13.5. The molecule has 0 saturated carbocycles. The minimum Gasteiger partial charge on any atom is -0.357 e. The van der Waals surface area contributed by atoms with E-state index in [2.05, 4.69) is 25.2 Å². The van der Waals surface area contributed by atoms with E-state index in [-0.39, 0.29) is 5.75 Å². The fraction of sp³-hybridized carbons (Fsp3) is 0.750. The first-order valence-electron chi connectivity index (χ1n) is 6.97. The molecule has 21 heavy (non-hydrogen) atoms. The minimum atomic E-state index is -3.01. The van der Waals surface area contributed by atoms with Gasteiger partial charge < -0.3 is 15.1 Å². The molecule has 0 unspecified atom stereocenters. The van der Waals surface area contributed by atoms with Gasteiger partial charge in [-0.05, 0) is 12.8 Å². The Morgan fingerprint density at radius 2 is 1.90 bits per heavy atom. The van der Waals surface area contributed by atoms with E-state index in [1.54, 1.807) is 19.0 Å². The van der Waals surface area contributed by atoms with Crippen molar-refractivity contribution >= 4 is 27.7 Å².